The minimum Gasteiger partial charge on any atom is -0.467 e. The fourth-order valence-electron chi connectivity index (χ4n) is 2.52. The second-order valence-electron chi connectivity index (χ2n) is 5.05. The number of ether oxygens (including phenoxy) is 1. The molecule has 6 heteroatoms. The van der Waals surface area contributed by atoms with Crippen molar-refractivity contribution < 1.29 is 4.74 Å². The quantitative estimate of drug-likeness (QED) is 0.813. The standard InChI is InChI=1S/C13H20N4OS/c1-16-5-7-17(8-6-16)12-11-10(4-3-9-19-11)14-13(15-12)18-2/h3-9H2,1-2H3. The molecule has 0 saturated carbocycles. The van der Waals surface area contributed by atoms with Gasteiger partial charge in [0.2, 0.25) is 0 Å². The molecule has 0 radical (unpaired) electrons. The average molecular weight is 280 g/mol. The van der Waals surface area contributed by atoms with Gasteiger partial charge in [0.25, 0.3) is 0 Å². The Labute approximate surface area is 118 Å². The number of hydrogen-bond acceptors (Lipinski definition) is 6. The maximum absolute atomic E-state index is 5.26. The molecule has 104 valence electrons. The Morgan fingerprint density at radius 1 is 1.16 bits per heavy atom. The van der Waals surface area contributed by atoms with Crippen molar-refractivity contribution in [2.24, 2.45) is 0 Å². The van der Waals surface area contributed by atoms with Crippen molar-refractivity contribution in [2.45, 2.75) is 17.7 Å². The van der Waals surface area contributed by atoms with Crippen LogP contribution in [0.25, 0.3) is 0 Å². The Morgan fingerprint density at radius 2 is 1.95 bits per heavy atom. The third kappa shape index (κ3) is 2.65. The first kappa shape index (κ1) is 13.0. The van der Waals surface area contributed by atoms with Crippen molar-refractivity contribution in [3.63, 3.8) is 0 Å². The molecule has 1 aromatic rings. The third-order valence-electron chi connectivity index (χ3n) is 3.69. The number of likely N-dealkylation sites (N-methyl/N-ethyl adjacent to an activating group) is 1. The summed E-state index contributed by atoms with van der Waals surface area (Å²) in [6.07, 6.45) is 2.24. The van der Waals surface area contributed by atoms with E-state index in [2.05, 4.69) is 26.8 Å². The van der Waals surface area contributed by atoms with E-state index in [4.69, 9.17) is 4.74 Å². The van der Waals surface area contributed by atoms with Gasteiger partial charge in [0.05, 0.1) is 17.7 Å². The van der Waals surface area contributed by atoms with E-state index in [0.717, 1.165) is 44.1 Å². The van der Waals surface area contributed by atoms with Crippen molar-refractivity contribution >= 4 is 17.6 Å². The maximum Gasteiger partial charge on any atom is 0.318 e. The summed E-state index contributed by atoms with van der Waals surface area (Å²) < 4.78 is 5.26. The van der Waals surface area contributed by atoms with Crippen molar-refractivity contribution in [3.8, 4) is 6.01 Å². The van der Waals surface area contributed by atoms with Crippen LogP contribution in [0.2, 0.25) is 0 Å². The van der Waals surface area contributed by atoms with Gasteiger partial charge < -0.3 is 14.5 Å². The number of aromatic nitrogens is 2. The summed E-state index contributed by atoms with van der Waals surface area (Å²) in [5.74, 6) is 2.25. The van der Waals surface area contributed by atoms with Crippen LogP contribution in [0.3, 0.4) is 0 Å². The van der Waals surface area contributed by atoms with Crippen LogP contribution < -0.4 is 9.64 Å². The lowest BCUT2D eigenvalue weighted by molar-refractivity contribution is 0.310. The Kier molecular flexibility index (Phi) is 3.79. The number of thioether (sulfide) groups is 1. The topological polar surface area (TPSA) is 41.5 Å². The van der Waals surface area contributed by atoms with Gasteiger partial charge in [-0.05, 0) is 25.6 Å². The summed E-state index contributed by atoms with van der Waals surface area (Å²) in [5, 5.41) is 0. The van der Waals surface area contributed by atoms with Crippen LogP contribution in [0.5, 0.6) is 6.01 Å². The highest BCUT2D eigenvalue weighted by Crippen LogP contribution is 2.37. The Morgan fingerprint density at radius 3 is 2.68 bits per heavy atom. The molecule has 1 aromatic heterocycles. The van der Waals surface area contributed by atoms with Gasteiger partial charge >= 0.3 is 6.01 Å². The smallest absolute Gasteiger partial charge is 0.318 e. The lowest BCUT2D eigenvalue weighted by Gasteiger charge is -2.35. The Bertz CT molecular complexity index is 460. The predicted octanol–water partition coefficient (Wildman–Crippen LogP) is 1.28. The zero-order valence-corrected chi connectivity index (χ0v) is 12.4. The van der Waals surface area contributed by atoms with E-state index < -0.39 is 0 Å². The zero-order valence-electron chi connectivity index (χ0n) is 11.6. The summed E-state index contributed by atoms with van der Waals surface area (Å²) in [6, 6.07) is 0.509. The summed E-state index contributed by atoms with van der Waals surface area (Å²) in [4.78, 5) is 15.1. The van der Waals surface area contributed by atoms with Crippen molar-refractivity contribution in [1.82, 2.24) is 14.9 Å². The van der Waals surface area contributed by atoms with Crippen LogP contribution in [0.15, 0.2) is 4.90 Å². The van der Waals surface area contributed by atoms with Crippen molar-refractivity contribution in [1.29, 1.82) is 0 Å². The third-order valence-corrected chi connectivity index (χ3v) is 4.89. The molecule has 3 rings (SSSR count). The van der Waals surface area contributed by atoms with E-state index in [1.807, 2.05) is 11.8 Å². The van der Waals surface area contributed by atoms with Gasteiger partial charge in [0.15, 0.2) is 0 Å². The number of rotatable bonds is 2. The van der Waals surface area contributed by atoms with Crippen LogP contribution in [0.1, 0.15) is 12.1 Å². The normalized spacial score (nSPS) is 20.2. The first-order chi connectivity index (χ1) is 9.28. The first-order valence-electron chi connectivity index (χ1n) is 6.79. The number of nitrogens with zero attached hydrogens (tertiary/aromatic N) is 4. The highest BCUT2D eigenvalue weighted by molar-refractivity contribution is 7.99. The molecule has 0 atom stereocenters. The van der Waals surface area contributed by atoms with E-state index >= 15 is 0 Å². The highest BCUT2D eigenvalue weighted by Gasteiger charge is 2.24. The summed E-state index contributed by atoms with van der Waals surface area (Å²) >= 11 is 1.89. The predicted molar refractivity (Wildman–Crippen MR) is 77.3 cm³/mol. The fraction of sp³-hybridized carbons (Fsp3) is 0.692. The van der Waals surface area contributed by atoms with Crippen molar-refractivity contribution in [3.05, 3.63) is 5.69 Å². The van der Waals surface area contributed by atoms with Crippen molar-refractivity contribution in [2.75, 3.05) is 51.0 Å². The number of piperazine rings is 1. The van der Waals surface area contributed by atoms with Gasteiger partial charge in [-0.1, -0.05) is 0 Å². The molecule has 0 unspecified atom stereocenters. The molecule has 0 amide bonds. The number of fused-ring (bicyclic) bond motifs is 1. The van der Waals surface area contributed by atoms with E-state index in [1.165, 1.54) is 17.1 Å². The molecule has 0 spiro atoms. The first-order valence-corrected chi connectivity index (χ1v) is 7.77. The molecule has 0 aromatic carbocycles. The molecule has 3 heterocycles. The molecular weight excluding hydrogens is 260 g/mol. The molecule has 19 heavy (non-hydrogen) atoms. The van der Waals surface area contributed by atoms with Crippen LogP contribution >= 0.6 is 11.8 Å². The van der Waals surface area contributed by atoms with E-state index in [9.17, 15) is 0 Å². The highest BCUT2D eigenvalue weighted by atomic mass is 32.2. The van der Waals surface area contributed by atoms with Crippen LogP contribution in [-0.2, 0) is 6.42 Å². The average Bonchev–Trinajstić information content (AvgIpc) is 2.47. The number of aryl methyl sites for hydroxylation is 1. The van der Waals surface area contributed by atoms with Crippen LogP contribution in [-0.4, -0.2) is 61.0 Å². The maximum atomic E-state index is 5.26. The van der Waals surface area contributed by atoms with Gasteiger partial charge in [-0.15, -0.1) is 11.8 Å². The minimum atomic E-state index is 0.509. The van der Waals surface area contributed by atoms with E-state index in [-0.39, 0.29) is 0 Å². The summed E-state index contributed by atoms with van der Waals surface area (Å²) in [7, 11) is 3.81. The van der Waals surface area contributed by atoms with E-state index in [1.54, 1.807) is 7.11 Å². The van der Waals surface area contributed by atoms with Gasteiger partial charge in [-0.25, -0.2) is 0 Å². The summed E-state index contributed by atoms with van der Waals surface area (Å²) in [6.45, 7) is 4.24. The lowest BCUT2D eigenvalue weighted by atomic mass is 10.2. The Balaban J connectivity index is 1.94. The SMILES string of the molecule is COc1nc2c(c(N3CCN(C)CC3)n1)SCCC2. The molecule has 5 nitrogen and oxygen atoms in total. The fourth-order valence-corrected chi connectivity index (χ4v) is 3.63. The van der Waals surface area contributed by atoms with Crippen LogP contribution in [0.4, 0.5) is 5.82 Å². The zero-order chi connectivity index (χ0) is 13.2. The van der Waals surface area contributed by atoms with E-state index in [0.29, 0.717) is 6.01 Å². The Hall–Kier alpha value is -1.01. The van der Waals surface area contributed by atoms with Gasteiger partial charge in [0.1, 0.15) is 5.82 Å². The second-order valence-corrected chi connectivity index (χ2v) is 6.16. The molecule has 0 aliphatic carbocycles. The molecular formula is C13H20N4OS. The van der Waals surface area contributed by atoms with Gasteiger partial charge in [0, 0.05) is 26.2 Å². The second kappa shape index (κ2) is 5.54. The monoisotopic (exact) mass is 280 g/mol. The number of anilines is 1. The van der Waals surface area contributed by atoms with Crippen LogP contribution in [0, 0.1) is 0 Å². The number of hydrogen-bond donors (Lipinski definition) is 0. The largest absolute Gasteiger partial charge is 0.467 e. The minimum absolute atomic E-state index is 0.509. The summed E-state index contributed by atoms with van der Waals surface area (Å²) in [5.41, 5.74) is 1.16. The molecule has 0 N–H and O–H groups in total. The molecule has 2 aliphatic rings. The number of methoxy groups -OCH3 is 1. The molecule has 1 fully saturated rings. The van der Waals surface area contributed by atoms with Gasteiger partial charge in [-0.2, -0.15) is 9.97 Å². The molecule has 1 saturated heterocycles. The molecule has 0 bridgehead atoms. The lowest BCUT2D eigenvalue weighted by Crippen LogP contribution is -2.45. The molecule has 2 aliphatic heterocycles. The van der Waals surface area contributed by atoms with Gasteiger partial charge in [-0.3, -0.25) is 0 Å².